The van der Waals surface area contributed by atoms with Gasteiger partial charge < -0.3 is 14.2 Å². The lowest BCUT2D eigenvalue weighted by molar-refractivity contribution is 0.0786. The molecule has 3 aromatic rings. The number of imidazole rings is 1. The molecule has 1 aliphatic heterocycles. The summed E-state index contributed by atoms with van der Waals surface area (Å²) in [6.45, 7) is 6.54. The maximum Gasteiger partial charge on any atom is 0.253 e. The van der Waals surface area contributed by atoms with Crippen LogP contribution in [-0.2, 0) is 13.0 Å². The minimum Gasteiger partial charge on any atom is -0.494 e. The number of rotatable bonds is 6. The standard InChI is InChI=1S/C23H27FN4O2/c1-15(2)13-28-21(26-19-5-4-9-25-22(19)28)11-16-8-10-27(14-16)23(29)17-6-7-20(30-3)18(24)12-17/h4-7,9,12,15-16H,8,10-11,13-14H2,1-3H3/t16-/m1/s1. The first-order valence-electron chi connectivity index (χ1n) is 10.4. The number of benzene rings is 1. The summed E-state index contributed by atoms with van der Waals surface area (Å²) in [7, 11) is 1.41. The Morgan fingerprint density at radius 3 is 2.90 bits per heavy atom. The summed E-state index contributed by atoms with van der Waals surface area (Å²) in [4.78, 5) is 24.0. The van der Waals surface area contributed by atoms with E-state index in [0.29, 0.717) is 30.5 Å². The number of pyridine rings is 1. The molecule has 0 spiro atoms. The summed E-state index contributed by atoms with van der Waals surface area (Å²) in [5.74, 6) is 1.30. The topological polar surface area (TPSA) is 60.2 Å². The van der Waals surface area contributed by atoms with E-state index in [4.69, 9.17) is 9.72 Å². The van der Waals surface area contributed by atoms with Crippen LogP contribution in [0.1, 0.15) is 36.5 Å². The number of halogens is 1. The van der Waals surface area contributed by atoms with E-state index in [1.54, 1.807) is 17.2 Å². The van der Waals surface area contributed by atoms with Crippen molar-refractivity contribution in [1.29, 1.82) is 0 Å². The van der Waals surface area contributed by atoms with Crippen LogP contribution < -0.4 is 4.74 Å². The first-order valence-corrected chi connectivity index (χ1v) is 10.4. The van der Waals surface area contributed by atoms with E-state index in [2.05, 4.69) is 23.4 Å². The number of amides is 1. The van der Waals surface area contributed by atoms with Gasteiger partial charge in [-0.25, -0.2) is 14.4 Å². The maximum absolute atomic E-state index is 14.0. The fourth-order valence-corrected chi connectivity index (χ4v) is 4.14. The largest absolute Gasteiger partial charge is 0.494 e. The molecule has 4 rings (SSSR count). The van der Waals surface area contributed by atoms with Gasteiger partial charge in [0.05, 0.1) is 7.11 Å². The van der Waals surface area contributed by atoms with Crippen LogP contribution in [0.15, 0.2) is 36.5 Å². The summed E-state index contributed by atoms with van der Waals surface area (Å²) in [5, 5.41) is 0. The molecule has 1 atom stereocenters. The first kappa shape index (κ1) is 20.3. The van der Waals surface area contributed by atoms with Gasteiger partial charge in [-0.1, -0.05) is 13.8 Å². The van der Waals surface area contributed by atoms with Gasteiger partial charge in [-0.2, -0.15) is 0 Å². The zero-order valence-corrected chi connectivity index (χ0v) is 17.6. The van der Waals surface area contributed by atoms with Crippen LogP contribution in [0.5, 0.6) is 5.75 Å². The SMILES string of the molecule is COc1ccc(C(=O)N2CC[C@H](Cc3nc4cccnc4n3CC(C)C)C2)cc1F. The van der Waals surface area contributed by atoms with E-state index < -0.39 is 5.82 Å². The van der Waals surface area contributed by atoms with Crippen LogP contribution in [-0.4, -0.2) is 45.5 Å². The van der Waals surface area contributed by atoms with Gasteiger partial charge in [0.25, 0.3) is 5.91 Å². The molecule has 0 bridgehead atoms. The highest BCUT2D eigenvalue weighted by Crippen LogP contribution is 2.26. The van der Waals surface area contributed by atoms with E-state index in [9.17, 15) is 9.18 Å². The number of ether oxygens (including phenoxy) is 1. The summed E-state index contributed by atoms with van der Waals surface area (Å²) >= 11 is 0. The fraction of sp³-hybridized carbons (Fsp3) is 0.435. The normalized spacial score (nSPS) is 16.6. The third-order valence-electron chi connectivity index (χ3n) is 5.57. The average Bonchev–Trinajstić information content (AvgIpc) is 3.32. The number of aromatic nitrogens is 3. The predicted octanol–water partition coefficient (Wildman–Crippen LogP) is 3.94. The number of methoxy groups -OCH3 is 1. The van der Waals surface area contributed by atoms with Gasteiger partial charge in [-0.05, 0) is 48.6 Å². The van der Waals surface area contributed by atoms with Gasteiger partial charge in [0.2, 0.25) is 0 Å². The molecule has 0 unspecified atom stereocenters. The van der Waals surface area contributed by atoms with E-state index in [0.717, 1.165) is 36.4 Å². The molecule has 1 amide bonds. The molecule has 6 nitrogen and oxygen atoms in total. The molecule has 3 heterocycles. The molecule has 158 valence electrons. The van der Waals surface area contributed by atoms with E-state index in [-0.39, 0.29) is 11.7 Å². The van der Waals surface area contributed by atoms with Gasteiger partial charge in [-0.3, -0.25) is 4.79 Å². The minimum absolute atomic E-state index is 0.142. The molecule has 0 aliphatic carbocycles. The highest BCUT2D eigenvalue weighted by molar-refractivity contribution is 5.94. The zero-order chi connectivity index (χ0) is 21.3. The molecular formula is C23H27FN4O2. The summed E-state index contributed by atoms with van der Waals surface area (Å²) in [6, 6.07) is 8.26. The van der Waals surface area contributed by atoms with Gasteiger partial charge in [0.1, 0.15) is 11.3 Å². The number of carbonyl (C=O) groups is 1. The molecular weight excluding hydrogens is 383 g/mol. The van der Waals surface area contributed by atoms with Crippen molar-refractivity contribution in [2.75, 3.05) is 20.2 Å². The van der Waals surface area contributed by atoms with E-state index >= 15 is 0 Å². The lowest BCUT2D eigenvalue weighted by Crippen LogP contribution is -2.29. The van der Waals surface area contributed by atoms with Crippen molar-refractivity contribution in [2.24, 2.45) is 11.8 Å². The average molecular weight is 410 g/mol. The highest BCUT2D eigenvalue weighted by atomic mass is 19.1. The Bertz CT molecular complexity index is 1060. The van der Waals surface area contributed by atoms with Crippen molar-refractivity contribution in [3.63, 3.8) is 0 Å². The number of carbonyl (C=O) groups excluding carboxylic acids is 1. The molecule has 30 heavy (non-hydrogen) atoms. The fourth-order valence-electron chi connectivity index (χ4n) is 4.14. The maximum atomic E-state index is 14.0. The Morgan fingerprint density at radius 2 is 2.17 bits per heavy atom. The van der Waals surface area contributed by atoms with Crippen LogP contribution >= 0.6 is 0 Å². The molecule has 1 fully saturated rings. The van der Waals surface area contributed by atoms with Crippen molar-refractivity contribution in [3.8, 4) is 5.75 Å². The van der Waals surface area contributed by atoms with Crippen LogP contribution in [0.4, 0.5) is 4.39 Å². The molecule has 0 saturated carbocycles. The highest BCUT2D eigenvalue weighted by Gasteiger charge is 2.29. The second-order valence-electron chi connectivity index (χ2n) is 8.34. The van der Waals surface area contributed by atoms with Gasteiger partial charge in [-0.15, -0.1) is 0 Å². The Balaban J connectivity index is 1.49. The molecule has 0 radical (unpaired) electrons. The minimum atomic E-state index is -0.519. The van der Waals surface area contributed by atoms with Crippen LogP contribution in [0.3, 0.4) is 0 Å². The molecule has 1 aliphatic rings. The molecule has 1 aromatic carbocycles. The second kappa shape index (κ2) is 8.42. The smallest absolute Gasteiger partial charge is 0.253 e. The third kappa shape index (κ3) is 4.01. The second-order valence-corrected chi connectivity index (χ2v) is 8.34. The van der Waals surface area contributed by atoms with E-state index in [1.165, 1.54) is 19.2 Å². The Kier molecular flexibility index (Phi) is 5.70. The number of fused-ring (bicyclic) bond motifs is 1. The molecule has 1 saturated heterocycles. The number of nitrogens with zero attached hydrogens (tertiary/aromatic N) is 4. The predicted molar refractivity (Wildman–Crippen MR) is 113 cm³/mol. The van der Waals surface area contributed by atoms with Crippen LogP contribution in [0, 0.1) is 17.7 Å². The van der Waals surface area contributed by atoms with Gasteiger partial charge in [0, 0.05) is 37.8 Å². The van der Waals surface area contributed by atoms with Crippen molar-refractivity contribution >= 4 is 17.1 Å². The van der Waals surface area contributed by atoms with Crippen molar-refractivity contribution in [1.82, 2.24) is 19.4 Å². The quantitative estimate of drug-likeness (QED) is 0.618. The van der Waals surface area contributed by atoms with Crippen LogP contribution in [0.2, 0.25) is 0 Å². The Hall–Kier alpha value is -2.96. The summed E-state index contributed by atoms with van der Waals surface area (Å²) < 4.78 is 21.1. The monoisotopic (exact) mass is 410 g/mol. The van der Waals surface area contributed by atoms with Crippen molar-refractivity contribution < 1.29 is 13.9 Å². The molecule has 0 N–H and O–H groups in total. The Labute approximate surface area is 175 Å². The lowest BCUT2D eigenvalue weighted by Gasteiger charge is -2.17. The zero-order valence-electron chi connectivity index (χ0n) is 17.6. The number of hydrogen-bond donors (Lipinski definition) is 0. The molecule has 2 aromatic heterocycles. The van der Waals surface area contributed by atoms with Crippen molar-refractivity contribution in [3.05, 3.63) is 53.7 Å². The van der Waals surface area contributed by atoms with Crippen molar-refractivity contribution in [2.45, 2.75) is 33.2 Å². The van der Waals surface area contributed by atoms with Crippen LogP contribution in [0.25, 0.3) is 11.2 Å². The van der Waals surface area contributed by atoms with Gasteiger partial charge >= 0.3 is 0 Å². The lowest BCUT2D eigenvalue weighted by atomic mass is 10.0. The van der Waals surface area contributed by atoms with E-state index in [1.807, 2.05) is 12.1 Å². The number of likely N-dealkylation sites (tertiary alicyclic amines) is 1. The Morgan fingerprint density at radius 1 is 1.33 bits per heavy atom. The third-order valence-corrected chi connectivity index (χ3v) is 5.57. The summed E-state index contributed by atoms with van der Waals surface area (Å²) in [6.07, 6.45) is 3.50. The first-order chi connectivity index (χ1) is 14.5. The number of hydrogen-bond acceptors (Lipinski definition) is 4. The summed E-state index contributed by atoms with van der Waals surface area (Å²) in [5.41, 5.74) is 2.18. The molecule has 7 heteroatoms. The van der Waals surface area contributed by atoms with Gasteiger partial charge in [0.15, 0.2) is 17.2 Å².